The first-order valence-corrected chi connectivity index (χ1v) is 10.2. The van der Waals surface area contributed by atoms with Gasteiger partial charge >= 0.3 is 6.09 Å². The summed E-state index contributed by atoms with van der Waals surface area (Å²) in [5.74, 6) is -1.95. The number of alkyl carbamates (subject to hydrolysis) is 1. The van der Waals surface area contributed by atoms with Crippen LogP contribution in [0.2, 0.25) is 5.02 Å². The molecule has 2 amide bonds. The highest BCUT2D eigenvalue weighted by atomic mass is 35.5. The van der Waals surface area contributed by atoms with E-state index in [9.17, 15) is 18.2 Å². The van der Waals surface area contributed by atoms with Gasteiger partial charge in [0.15, 0.2) is 5.82 Å². The van der Waals surface area contributed by atoms with Crippen molar-refractivity contribution in [1.29, 1.82) is 0 Å². The minimum Gasteiger partial charge on any atom is -0.444 e. The van der Waals surface area contributed by atoms with Crippen LogP contribution in [0.15, 0.2) is 27.5 Å². The summed E-state index contributed by atoms with van der Waals surface area (Å²) in [6.45, 7) is 8.67. The lowest BCUT2D eigenvalue weighted by Crippen LogP contribution is -2.44. The fourth-order valence-corrected chi connectivity index (χ4v) is 3.46. The Balaban J connectivity index is 3.17. The predicted molar refractivity (Wildman–Crippen MR) is 102 cm³/mol. The smallest absolute Gasteiger partial charge is 0.408 e. The Kier molecular flexibility index (Phi) is 7.76. The molecule has 0 fully saturated rings. The molecule has 152 valence electrons. The Bertz CT molecular complexity index is 830. The number of nitrogens with zero attached hydrogens (tertiary/aromatic N) is 1. The third kappa shape index (κ3) is 7.43. The maximum atomic E-state index is 14.1. The number of rotatable bonds is 5. The van der Waals surface area contributed by atoms with Crippen molar-refractivity contribution in [3.05, 3.63) is 29.0 Å². The first kappa shape index (κ1) is 23.3. The van der Waals surface area contributed by atoms with E-state index < -0.39 is 44.3 Å². The van der Waals surface area contributed by atoms with E-state index in [0.717, 1.165) is 6.07 Å². The average Bonchev–Trinajstić information content (AvgIpc) is 2.46. The third-order valence-corrected chi connectivity index (χ3v) is 4.84. The van der Waals surface area contributed by atoms with Crippen LogP contribution >= 0.6 is 11.6 Å². The van der Waals surface area contributed by atoms with Crippen molar-refractivity contribution in [2.75, 3.05) is 0 Å². The Hall–Kier alpha value is -1.71. The number of hydrogen-bond acceptors (Lipinski definition) is 4. The molecule has 0 aliphatic carbocycles. The van der Waals surface area contributed by atoms with Crippen molar-refractivity contribution in [2.45, 2.75) is 57.6 Å². The maximum absolute atomic E-state index is 14.1. The van der Waals surface area contributed by atoms with E-state index in [1.54, 1.807) is 20.8 Å². The summed E-state index contributed by atoms with van der Waals surface area (Å²) in [7, 11) is -3.89. The van der Waals surface area contributed by atoms with Gasteiger partial charge in [-0.05, 0) is 45.2 Å². The molecule has 3 N–H and O–H groups in total. The van der Waals surface area contributed by atoms with Crippen LogP contribution in [0.1, 0.15) is 41.0 Å². The van der Waals surface area contributed by atoms with E-state index in [4.69, 9.17) is 21.5 Å². The fraction of sp³-hybridized carbons (Fsp3) is 0.529. The Morgan fingerprint density at radius 1 is 1.37 bits per heavy atom. The molecule has 1 aromatic rings. The molecule has 0 aromatic heterocycles. The van der Waals surface area contributed by atoms with Crippen molar-refractivity contribution < 1.29 is 22.9 Å². The zero-order valence-electron chi connectivity index (χ0n) is 15.9. The van der Waals surface area contributed by atoms with Gasteiger partial charge in [-0.15, -0.1) is 4.36 Å². The molecule has 1 aromatic carbocycles. The normalized spacial score (nSPS) is 15.0. The monoisotopic (exact) mass is 421 g/mol. The van der Waals surface area contributed by atoms with Crippen molar-refractivity contribution >= 4 is 33.5 Å². The fourth-order valence-electron chi connectivity index (χ4n) is 2.10. The van der Waals surface area contributed by atoms with Gasteiger partial charge in [0.2, 0.25) is 0 Å². The summed E-state index contributed by atoms with van der Waals surface area (Å²) >= 11 is 5.66. The predicted octanol–water partition coefficient (Wildman–Crippen LogP) is 3.65. The van der Waals surface area contributed by atoms with Gasteiger partial charge in [0.1, 0.15) is 21.6 Å². The summed E-state index contributed by atoms with van der Waals surface area (Å²) in [5, 5.41) is 7.71. The molecular formula is C17H25ClFN3O4S. The van der Waals surface area contributed by atoms with Crippen molar-refractivity contribution in [3.8, 4) is 0 Å². The van der Waals surface area contributed by atoms with Gasteiger partial charge in [-0.25, -0.2) is 18.5 Å². The topological polar surface area (TPSA) is 111 Å². The Labute approximate surface area is 164 Å². The molecule has 0 spiro atoms. The van der Waals surface area contributed by atoms with E-state index in [0.29, 0.717) is 0 Å². The third-order valence-electron chi connectivity index (χ3n) is 3.15. The van der Waals surface area contributed by atoms with Gasteiger partial charge in [-0.3, -0.25) is 4.79 Å². The molecule has 2 atom stereocenters. The van der Waals surface area contributed by atoms with Crippen LogP contribution in [-0.2, 0) is 19.4 Å². The lowest BCUT2D eigenvalue weighted by molar-refractivity contribution is -0.120. The van der Waals surface area contributed by atoms with Crippen LogP contribution in [0, 0.1) is 11.7 Å². The Morgan fingerprint density at radius 2 is 1.96 bits per heavy atom. The molecule has 0 heterocycles. The number of nitrogens with one attached hydrogen (secondary N) is 1. The van der Waals surface area contributed by atoms with Gasteiger partial charge in [-0.1, -0.05) is 31.5 Å². The van der Waals surface area contributed by atoms with Crippen LogP contribution in [0.3, 0.4) is 0 Å². The van der Waals surface area contributed by atoms with E-state index in [1.807, 2.05) is 13.8 Å². The molecule has 10 heteroatoms. The number of ether oxygens (including phenoxy) is 1. The number of benzene rings is 1. The number of halogens is 2. The van der Waals surface area contributed by atoms with Crippen LogP contribution in [0.4, 0.5) is 9.18 Å². The van der Waals surface area contributed by atoms with Crippen LogP contribution in [-0.4, -0.2) is 27.9 Å². The molecule has 0 radical (unpaired) electrons. The van der Waals surface area contributed by atoms with Gasteiger partial charge < -0.3 is 10.1 Å². The molecule has 1 rings (SSSR count). The first-order chi connectivity index (χ1) is 12.2. The Morgan fingerprint density at radius 3 is 2.48 bits per heavy atom. The van der Waals surface area contributed by atoms with Gasteiger partial charge in [0, 0.05) is 0 Å². The summed E-state index contributed by atoms with van der Waals surface area (Å²) < 4.78 is 35.3. The van der Waals surface area contributed by atoms with Crippen molar-refractivity contribution in [1.82, 2.24) is 5.32 Å². The molecule has 7 nitrogen and oxygen atoms in total. The summed E-state index contributed by atoms with van der Waals surface area (Å²) in [5.41, 5.74) is -0.766. The highest BCUT2D eigenvalue weighted by molar-refractivity contribution is 7.91. The van der Waals surface area contributed by atoms with E-state index >= 15 is 0 Å². The SMILES string of the molecule is CC(C)C[C@H](NC(=O)OC(C)(C)C)C(=O)N=S(N)(=O)c1cccc(Cl)c1F. The van der Waals surface area contributed by atoms with E-state index in [1.165, 1.54) is 12.1 Å². The lowest BCUT2D eigenvalue weighted by Gasteiger charge is -2.23. The number of carbonyl (C=O) groups is 2. The van der Waals surface area contributed by atoms with Crippen molar-refractivity contribution in [2.24, 2.45) is 15.4 Å². The summed E-state index contributed by atoms with van der Waals surface area (Å²) in [6, 6.07) is 2.62. The average molecular weight is 422 g/mol. The zero-order valence-corrected chi connectivity index (χ0v) is 17.5. The largest absolute Gasteiger partial charge is 0.444 e. The highest BCUT2D eigenvalue weighted by Crippen LogP contribution is 2.22. The molecule has 1 unspecified atom stereocenters. The minimum atomic E-state index is -3.89. The summed E-state index contributed by atoms with van der Waals surface area (Å²) in [6.07, 6.45) is -0.621. The van der Waals surface area contributed by atoms with Gasteiger partial charge in [-0.2, -0.15) is 0 Å². The highest BCUT2D eigenvalue weighted by Gasteiger charge is 2.27. The van der Waals surface area contributed by atoms with E-state index in [2.05, 4.69) is 9.68 Å². The molecule has 0 aliphatic heterocycles. The zero-order chi connectivity index (χ0) is 21.0. The van der Waals surface area contributed by atoms with Gasteiger partial charge in [0.05, 0.1) is 9.92 Å². The lowest BCUT2D eigenvalue weighted by atomic mass is 10.0. The van der Waals surface area contributed by atoms with E-state index in [-0.39, 0.29) is 17.4 Å². The minimum absolute atomic E-state index is 0.000758. The molecule has 0 saturated heterocycles. The maximum Gasteiger partial charge on any atom is 0.408 e. The first-order valence-electron chi connectivity index (χ1n) is 8.25. The molecule has 0 saturated carbocycles. The number of hydrogen-bond donors (Lipinski definition) is 2. The van der Waals surface area contributed by atoms with Crippen LogP contribution in [0.25, 0.3) is 0 Å². The number of carbonyl (C=O) groups excluding carboxylic acids is 2. The molecule has 0 bridgehead atoms. The molecular weight excluding hydrogens is 397 g/mol. The van der Waals surface area contributed by atoms with Crippen molar-refractivity contribution in [3.63, 3.8) is 0 Å². The second-order valence-electron chi connectivity index (χ2n) is 7.38. The number of nitrogens with two attached hydrogens (primary N) is 1. The molecule has 27 heavy (non-hydrogen) atoms. The second kappa shape index (κ2) is 8.99. The molecule has 0 aliphatic rings. The summed E-state index contributed by atoms with van der Waals surface area (Å²) in [4.78, 5) is 24.0. The van der Waals surface area contributed by atoms with Crippen LogP contribution < -0.4 is 10.5 Å². The van der Waals surface area contributed by atoms with Gasteiger partial charge in [0.25, 0.3) is 5.91 Å². The quantitative estimate of drug-likeness (QED) is 0.755. The van der Waals surface area contributed by atoms with Crippen LogP contribution in [0.5, 0.6) is 0 Å². The standard InChI is InChI=1S/C17H25ClFN3O4S/c1-10(2)9-12(21-16(24)26-17(3,4)5)15(23)22-27(20,25)13-8-6-7-11(18)14(13)19/h6-8,10,12H,9H2,1-5H3,(H,21,24)(H2,20,22,23,25)/t12-,27?/m0/s1. The second-order valence-corrected chi connectivity index (χ2v) is 9.55. The number of amides is 2.